The first-order valence-corrected chi connectivity index (χ1v) is 9.19. The molecule has 0 atom stereocenters. The molecule has 0 spiro atoms. The van der Waals surface area contributed by atoms with Crippen LogP contribution in [0.25, 0.3) is 0 Å². The van der Waals surface area contributed by atoms with Crippen LogP contribution >= 0.6 is 0 Å². The summed E-state index contributed by atoms with van der Waals surface area (Å²) in [6.45, 7) is 5.66. The van der Waals surface area contributed by atoms with Gasteiger partial charge in [-0.15, -0.1) is 0 Å². The molecular weight excluding hydrogens is 348 g/mol. The molecule has 0 amide bonds. The van der Waals surface area contributed by atoms with E-state index in [1.54, 1.807) is 0 Å². The van der Waals surface area contributed by atoms with Crippen LogP contribution in [0.3, 0.4) is 0 Å². The summed E-state index contributed by atoms with van der Waals surface area (Å²) >= 11 is 0. The van der Waals surface area contributed by atoms with Crippen molar-refractivity contribution in [1.82, 2.24) is 0 Å². The van der Waals surface area contributed by atoms with E-state index in [9.17, 15) is 0 Å². The largest absolute Gasteiger partial charge is 0.487 e. The quantitative estimate of drug-likeness (QED) is 0.706. The lowest BCUT2D eigenvalue weighted by atomic mass is 10.2. The van der Waals surface area contributed by atoms with Gasteiger partial charge in [0.15, 0.2) is 23.0 Å². The fourth-order valence-electron chi connectivity index (χ4n) is 2.58. The highest BCUT2D eigenvalue weighted by Crippen LogP contribution is 2.28. The van der Waals surface area contributed by atoms with Crippen molar-refractivity contribution in [3.8, 4) is 23.0 Å². The fraction of sp³-hybridized carbons (Fsp3) is 0.429. The first-order valence-electron chi connectivity index (χ1n) is 9.19. The zero-order chi connectivity index (χ0) is 18.7. The number of para-hydroxylation sites is 2. The molecule has 0 fully saturated rings. The van der Waals surface area contributed by atoms with Crippen LogP contribution in [0, 0.1) is 6.92 Å². The number of fused-ring (bicyclic) bond motifs is 2. The van der Waals surface area contributed by atoms with Crippen molar-refractivity contribution in [2.75, 3.05) is 52.9 Å². The van der Waals surface area contributed by atoms with E-state index in [4.69, 9.17) is 28.4 Å². The van der Waals surface area contributed by atoms with Crippen molar-refractivity contribution in [3.05, 3.63) is 48.0 Å². The van der Waals surface area contributed by atoms with Gasteiger partial charge in [-0.2, -0.15) is 0 Å². The van der Waals surface area contributed by atoms with Crippen LogP contribution in [0.1, 0.15) is 5.56 Å². The van der Waals surface area contributed by atoms with Crippen molar-refractivity contribution >= 4 is 0 Å². The lowest BCUT2D eigenvalue weighted by molar-refractivity contribution is 0.0640. The Kier molecular flexibility index (Phi) is 7.62. The van der Waals surface area contributed by atoms with Gasteiger partial charge in [0.2, 0.25) is 0 Å². The maximum Gasteiger partial charge on any atom is 0.161 e. The summed E-state index contributed by atoms with van der Waals surface area (Å²) in [5.41, 5.74) is 1.11. The molecule has 0 bridgehead atoms. The molecule has 0 aromatic heterocycles. The number of ether oxygens (including phenoxy) is 6. The third-order valence-corrected chi connectivity index (χ3v) is 3.89. The predicted octanol–water partition coefficient (Wildman–Crippen LogP) is 3.26. The highest BCUT2D eigenvalue weighted by molar-refractivity contribution is 5.42. The minimum Gasteiger partial charge on any atom is -0.487 e. The summed E-state index contributed by atoms with van der Waals surface area (Å²) in [5, 5.41) is 0. The van der Waals surface area contributed by atoms with Gasteiger partial charge in [-0.25, -0.2) is 0 Å². The smallest absolute Gasteiger partial charge is 0.161 e. The zero-order valence-electron chi connectivity index (χ0n) is 15.6. The van der Waals surface area contributed by atoms with Gasteiger partial charge in [-0.1, -0.05) is 18.2 Å². The second-order valence-corrected chi connectivity index (χ2v) is 6.02. The Bertz CT molecular complexity index is 703. The molecule has 1 aliphatic rings. The van der Waals surface area contributed by atoms with E-state index in [1.807, 2.05) is 49.4 Å². The number of rotatable bonds is 0. The van der Waals surface area contributed by atoms with Crippen LogP contribution in [-0.2, 0) is 9.47 Å². The van der Waals surface area contributed by atoms with E-state index in [0.29, 0.717) is 75.9 Å². The molecule has 0 radical (unpaired) electrons. The van der Waals surface area contributed by atoms with Gasteiger partial charge in [0, 0.05) is 0 Å². The SMILES string of the molecule is Cc1ccc2c(c1)OCCOCCOc1ccccc1OCCOCCO2. The molecular formula is C21H26O6. The molecule has 0 aliphatic carbocycles. The monoisotopic (exact) mass is 374 g/mol. The Morgan fingerprint density at radius 3 is 1.48 bits per heavy atom. The molecule has 2 aromatic carbocycles. The molecule has 27 heavy (non-hydrogen) atoms. The highest BCUT2D eigenvalue weighted by atomic mass is 16.6. The normalized spacial score (nSPS) is 16.8. The second kappa shape index (κ2) is 10.6. The Morgan fingerprint density at radius 2 is 0.963 bits per heavy atom. The Morgan fingerprint density at radius 1 is 0.519 bits per heavy atom. The summed E-state index contributed by atoms with van der Waals surface area (Å²) in [5.74, 6) is 2.82. The minimum atomic E-state index is 0.440. The van der Waals surface area contributed by atoms with E-state index in [1.165, 1.54) is 0 Å². The Labute approximate surface area is 159 Å². The van der Waals surface area contributed by atoms with Crippen LogP contribution in [0.2, 0.25) is 0 Å². The van der Waals surface area contributed by atoms with E-state index >= 15 is 0 Å². The Hall–Kier alpha value is -2.44. The van der Waals surface area contributed by atoms with Gasteiger partial charge < -0.3 is 28.4 Å². The summed E-state index contributed by atoms with van der Waals surface area (Å²) < 4.78 is 34.3. The van der Waals surface area contributed by atoms with E-state index < -0.39 is 0 Å². The fourth-order valence-corrected chi connectivity index (χ4v) is 2.58. The van der Waals surface area contributed by atoms with Crippen LogP contribution in [0.4, 0.5) is 0 Å². The lowest BCUT2D eigenvalue weighted by Gasteiger charge is -2.15. The van der Waals surface area contributed by atoms with Gasteiger partial charge in [0.1, 0.15) is 26.4 Å². The first kappa shape index (κ1) is 19.3. The van der Waals surface area contributed by atoms with Crippen molar-refractivity contribution in [2.45, 2.75) is 6.92 Å². The number of hydrogen-bond donors (Lipinski definition) is 0. The molecule has 3 rings (SSSR count). The number of benzene rings is 2. The third kappa shape index (κ3) is 6.34. The molecule has 0 saturated heterocycles. The third-order valence-electron chi connectivity index (χ3n) is 3.89. The van der Waals surface area contributed by atoms with Gasteiger partial charge in [-0.3, -0.25) is 0 Å². The lowest BCUT2D eigenvalue weighted by Crippen LogP contribution is -2.15. The maximum atomic E-state index is 5.82. The maximum absolute atomic E-state index is 5.82. The summed E-state index contributed by atoms with van der Waals surface area (Å²) in [4.78, 5) is 0. The van der Waals surface area contributed by atoms with Crippen molar-refractivity contribution in [3.63, 3.8) is 0 Å². The molecule has 0 unspecified atom stereocenters. The predicted molar refractivity (Wildman–Crippen MR) is 101 cm³/mol. The van der Waals surface area contributed by atoms with E-state index in [2.05, 4.69) is 0 Å². The minimum absolute atomic E-state index is 0.440. The standard InChI is InChI=1S/C21H26O6/c1-17-6-7-20-21(16-17)27-15-11-23-9-13-25-19-5-3-2-4-18(19)24-12-8-22-10-14-26-20/h2-7,16H,8-15H2,1H3. The summed E-state index contributed by atoms with van der Waals surface area (Å²) in [6, 6.07) is 13.5. The molecule has 1 aliphatic heterocycles. The van der Waals surface area contributed by atoms with Crippen LogP contribution < -0.4 is 18.9 Å². The van der Waals surface area contributed by atoms with Crippen molar-refractivity contribution in [1.29, 1.82) is 0 Å². The second-order valence-electron chi connectivity index (χ2n) is 6.02. The molecule has 2 aromatic rings. The van der Waals surface area contributed by atoms with Crippen LogP contribution in [-0.4, -0.2) is 52.9 Å². The molecule has 6 nitrogen and oxygen atoms in total. The summed E-state index contributed by atoms with van der Waals surface area (Å²) in [6.07, 6.45) is 0. The van der Waals surface area contributed by atoms with Gasteiger partial charge in [0.25, 0.3) is 0 Å². The topological polar surface area (TPSA) is 55.4 Å². The average Bonchev–Trinajstić information content (AvgIpc) is 2.68. The van der Waals surface area contributed by atoms with Gasteiger partial charge in [0.05, 0.1) is 26.4 Å². The van der Waals surface area contributed by atoms with Crippen LogP contribution in [0.15, 0.2) is 42.5 Å². The van der Waals surface area contributed by atoms with E-state index in [0.717, 1.165) is 5.56 Å². The van der Waals surface area contributed by atoms with Crippen LogP contribution in [0.5, 0.6) is 23.0 Å². The zero-order valence-corrected chi connectivity index (χ0v) is 15.6. The number of aryl methyl sites for hydroxylation is 1. The molecule has 0 N–H and O–H groups in total. The number of hydrogen-bond acceptors (Lipinski definition) is 6. The van der Waals surface area contributed by atoms with Crippen molar-refractivity contribution in [2.24, 2.45) is 0 Å². The first-order chi connectivity index (χ1) is 13.3. The van der Waals surface area contributed by atoms with Gasteiger partial charge in [-0.05, 0) is 36.8 Å². The molecule has 6 heteroatoms. The van der Waals surface area contributed by atoms with E-state index in [-0.39, 0.29) is 0 Å². The van der Waals surface area contributed by atoms with Gasteiger partial charge >= 0.3 is 0 Å². The molecule has 0 saturated carbocycles. The highest BCUT2D eigenvalue weighted by Gasteiger charge is 2.07. The molecule has 1 heterocycles. The van der Waals surface area contributed by atoms with Crippen molar-refractivity contribution < 1.29 is 28.4 Å². The summed E-state index contributed by atoms with van der Waals surface area (Å²) in [7, 11) is 0. The average molecular weight is 374 g/mol. The Balaban J connectivity index is 1.58. The molecule has 146 valence electrons.